The number of aliphatic hydroxyl groups is 1. The summed E-state index contributed by atoms with van der Waals surface area (Å²) in [6.45, 7) is 0. The second kappa shape index (κ2) is 3.19. The Morgan fingerprint density at radius 3 is 2.88 bits per heavy atom. The molecule has 0 bridgehead atoms. The van der Waals surface area contributed by atoms with E-state index in [9.17, 15) is 15.1 Å². The molecule has 2 aliphatic rings. The molecule has 1 aromatic carbocycles. The third kappa shape index (κ3) is 1.22. The molecule has 6 heteroatoms. The first-order chi connectivity index (χ1) is 8.04. The van der Waals surface area contributed by atoms with Gasteiger partial charge in [0.1, 0.15) is 6.17 Å². The minimum absolute atomic E-state index is 0.0342. The molecule has 3 unspecified atom stereocenters. The first-order valence-corrected chi connectivity index (χ1v) is 5.33. The smallest absolute Gasteiger partial charge is 0.353 e. The lowest BCUT2D eigenvalue weighted by molar-refractivity contribution is -0.254. The van der Waals surface area contributed by atoms with Gasteiger partial charge in [-0.3, -0.25) is 0 Å². The quantitative estimate of drug-likeness (QED) is 0.563. The van der Waals surface area contributed by atoms with Gasteiger partial charge in [-0.15, -0.1) is 5.06 Å². The van der Waals surface area contributed by atoms with Crippen LogP contribution in [0.1, 0.15) is 17.9 Å². The van der Waals surface area contributed by atoms with Crippen LogP contribution in [0.4, 0.5) is 5.69 Å². The Hall–Kier alpha value is -1.63. The predicted molar refractivity (Wildman–Crippen MR) is 57.4 cm³/mol. The zero-order chi connectivity index (χ0) is 12.2. The lowest BCUT2D eigenvalue weighted by Gasteiger charge is -2.27. The standard InChI is InChI=1S/C11H12N2O4/c14-10(15)11(16)5-7-6-3-1-2-4-8(6)12-9(7)13(11)17/h1-4,7,9,12,16-17H,5H2,(H,14,15). The number of carbonyl (C=O) groups is 1. The minimum atomic E-state index is -2.21. The lowest BCUT2D eigenvalue weighted by atomic mass is 9.95. The van der Waals surface area contributed by atoms with Crippen LogP contribution in [0.25, 0.3) is 0 Å². The summed E-state index contributed by atoms with van der Waals surface area (Å²) in [5.74, 6) is -1.66. The number of para-hydroxylation sites is 1. The van der Waals surface area contributed by atoms with Crippen molar-refractivity contribution in [1.29, 1.82) is 0 Å². The molecule has 0 radical (unpaired) electrons. The Morgan fingerprint density at radius 1 is 1.47 bits per heavy atom. The second-order valence-electron chi connectivity index (χ2n) is 4.45. The van der Waals surface area contributed by atoms with Crippen LogP contribution in [0.15, 0.2) is 24.3 Å². The Morgan fingerprint density at radius 2 is 2.18 bits per heavy atom. The van der Waals surface area contributed by atoms with Crippen LogP contribution in [-0.2, 0) is 4.79 Å². The van der Waals surface area contributed by atoms with Gasteiger partial charge in [0.25, 0.3) is 0 Å². The molecule has 3 atom stereocenters. The fourth-order valence-corrected chi connectivity index (χ4v) is 2.65. The number of nitrogens with zero attached hydrogens (tertiary/aromatic N) is 1. The van der Waals surface area contributed by atoms with Crippen molar-refractivity contribution in [2.75, 3.05) is 5.32 Å². The van der Waals surface area contributed by atoms with Crippen molar-refractivity contribution in [3.05, 3.63) is 29.8 Å². The van der Waals surface area contributed by atoms with Gasteiger partial charge < -0.3 is 20.7 Å². The highest BCUT2D eigenvalue weighted by atomic mass is 16.6. The molecule has 17 heavy (non-hydrogen) atoms. The molecular formula is C11H12N2O4. The molecule has 0 saturated carbocycles. The van der Waals surface area contributed by atoms with Gasteiger partial charge in [0.2, 0.25) is 5.72 Å². The van der Waals surface area contributed by atoms with E-state index in [2.05, 4.69) is 5.32 Å². The summed E-state index contributed by atoms with van der Waals surface area (Å²) in [5, 5.41) is 32.2. The van der Waals surface area contributed by atoms with Crippen molar-refractivity contribution < 1.29 is 20.2 Å². The lowest BCUT2D eigenvalue weighted by Crippen LogP contribution is -2.52. The maximum absolute atomic E-state index is 11.0. The molecule has 1 saturated heterocycles. The number of benzene rings is 1. The van der Waals surface area contributed by atoms with Crippen molar-refractivity contribution in [2.24, 2.45) is 0 Å². The van der Waals surface area contributed by atoms with Crippen LogP contribution >= 0.6 is 0 Å². The number of hydroxylamine groups is 2. The second-order valence-corrected chi connectivity index (χ2v) is 4.45. The molecular weight excluding hydrogens is 224 g/mol. The van der Waals surface area contributed by atoms with Crippen molar-refractivity contribution in [3.8, 4) is 0 Å². The van der Waals surface area contributed by atoms with E-state index in [1.807, 2.05) is 24.3 Å². The van der Waals surface area contributed by atoms with Gasteiger partial charge in [-0.1, -0.05) is 18.2 Å². The average molecular weight is 236 g/mol. The molecule has 6 nitrogen and oxygen atoms in total. The van der Waals surface area contributed by atoms with Gasteiger partial charge in [0, 0.05) is 18.0 Å². The van der Waals surface area contributed by atoms with Crippen LogP contribution in [0, 0.1) is 0 Å². The number of carboxylic acids is 1. The highest BCUT2D eigenvalue weighted by Gasteiger charge is 2.58. The molecule has 0 aliphatic carbocycles. The number of anilines is 1. The fourth-order valence-electron chi connectivity index (χ4n) is 2.65. The van der Waals surface area contributed by atoms with Gasteiger partial charge in [0.05, 0.1) is 0 Å². The maximum atomic E-state index is 11.0. The van der Waals surface area contributed by atoms with Crippen molar-refractivity contribution in [2.45, 2.75) is 24.2 Å². The van der Waals surface area contributed by atoms with E-state index >= 15 is 0 Å². The predicted octanol–water partition coefficient (Wildman–Crippen LogP) is 0.390. The number of rotatable bonds is 1. The highest BCUT2D eigenvalue weighted by molar-refractivity contribution is 5.78. The van der Waals surface area contributed by atoms with Gasteiger partial charge >= 0.3 is 5.97 Å². The van der Waals surface area contributed by atoms with Crippen molar-refractivity contribution in [1.82, 2.24) is 5.06 Å². The zero-order valence-corrected chi connectivity index (χ0v) is 8.87. The van der Waals surface area contributed by atoms with E-state index in [0.717, 1.165) is 11.3 Å². The molecule has 90 valence electrons. The van der Waals surface area contributed by atoms with Crippen LogP contribution in [0.5, 0.6) is 0 Å². The Bertz CT molecular complexity index is 492. The minimum Gasteiger partial charge on any atom is -0.478 e. The summed E-state index contributed by atoms with van der Waals surface area (Å²) in [5.41, 5.74) is -0.418. The SMILES string of the molecule is O=C(O)C1(O)CC2c3ccccc3NC2N1O. The molecule has 4 N–H and O–H groups in total. The first-order valence-electron chi connectivity index (χ1n) is 5.33. The van der Waals surface area contributed by atoms with Crippen LogP contribution in [0.2, 0.25) is 0 Å². The van der Waals surface area contributed by atoms with Gasteiger partial charge in [-0.2, -0.15) is 0 Å². The Labute approximate surface area is 97.1 Å². The molecule has 1 aromatic rings. The Balaban J connectivity index is 2.01. The van der Waals surface area contributed by atoms with E-state index in [1.54, 1.807) is 0 Å². The normalized spacial score (nSPS) is 35.2. The number of nitrogens with one attached hydrogen (secondary N) is 1. The molecule has 2 heterocycles. The van der Waals surface area contributed by atoms with Gasteiger partial charge in [-0.25, -0.2) is 4.79 Å². The average Bonchev–Trinajstić information content (AvgIpc) is 2.77. The monoisotopic (exact) mass is 236 g/mol. The highest BCUT2D eigenvalue weighted by Crippen LogP contribution is 2.48. The number of fused-ring (bicyclic) bond motifs is 3. The van der Waals surface area contributed by atoms with Gasteiger partial charge in [-0.05, 0) is 11.6 Å². The van der Waals surface area contributed by atoms with E-state index in [1.165, 1.54) is 0 Å². The molecule has 3 rings (SSSR count). The molecule has 0 aromatic heterocycles. The van der Waals surface area contributed by atoms with E-state index < -0.39 is 17.9 Å². The van der Waals surface area contributed by atoms with Crippen LogP contribution in [0.3, 0.4) is 0 Å². The summed E-state index contributed by atoms with van der Waals surface area (Å²) >= 11 is 0. The summed E-state index contributed by atoms with van der Waals surface area (Å²) in [7, 11) is 0. The summed E-state index contributed by atoms with van der Waals surface area (Å²) in [4.78, 5) is 11.0. The number of aliphatic carboxylic acids is 1. The first kappa shape index (κ1) is 10.5. The van der Waals surface area contributed by atoms with E-state index in [-0.39, 0.29) is 12.3 Å². The molecule has 2 aliphatic heterocycles. The van der Waals surface area contributed by atoms with Crippen LogP contribution in [-0.4, -0.2) is 38.3 Å². The number of hydrogen-bond acceptors (Lipinski definition) is 5. The zero-order valence-electron chi connectivity index (χ0n) is 8.87. The van der Waals surface area contributed by atoms with E-state index in [4.69, 9.17) is 5.11 Å². The van der Waals surface area contributed by atoms with Gasteiger partial charge in [0.15, 0.2) is 0 Å². The molecule has 0 spiro atoms. The summed E-state index contributed by atoms with van der Waals surface area (Å²) < 4.78 is 0. The molecule has 0 amide bonds. The van der Waals surface area contributed by atoms with Crippen LogP contribution < -0.4 is 5.32 Å². The topological polar surface area (TPSA) is 93.0 Å². The van der Waals surface area contributed by atoms with Crippen molar-refractivity contribution >= 4 is 11.7 Å². The third-order valence-electron chi connectivity index (χ3n) is 3.53. The summed E-state index contributed by atoms with van der Waals surface area (Å²) in [6.07, 6.45) is -0.624. The number of hydrogen-bond donors (Lipinski definition) is 4. The maximum Gasteiger partial charge on any atom is 0.353 e. The molecule has 1 fully saturated rings. The third-order valence-corrected chi connectivity index (χ3v) is 3.53. The van der Waals surface area contributed by atoms with E-state index in [0.29, 0.717) is 5.06 Å². The fraction of sp³-hybridized carbons (Fsp3) is 0.364. The summed E-state index contributed by atoms with van der Waals surface area (Å²) in [6, 6.07) is 7.44. The largest absolute Gasteiger partial charge is 0.478 e. The van der Waals surface area contributed by atoms with Crippen molar-refractivity contribution in [3.63, 3.8) is 0 Å². The number of carboxylic acid groups (broad SMARTS) is 1. The Kier molecular flexibility index (Phi) is 1.97.